The molecule has 0 aliphatic carbocycles. The smallest absolute Gasteiger partial charge is 0.261 e. The molecule has 0 aliphatic rings. The lowest BCUT2D eigenvalue weighted by Gasteiger charge is -2.21. The third-order valence-electron chi connectivity index (χ3n) is 1.47. The molecule has 0 rings (SSSR count). The summed E-state index contributed by atoms with van der Waals surface area (Å²) in [6, 6.07) is 0. The Kier molecular flexibility index (Phi) is 17.5. The van der Waals surface area contributed by atoms with Gasteiger partial charge in [-0.05, 0) is 0 Å². The van der Waals surface area contributed by atoms with Gasteiger partial charge in [0.05, 0.1) is 0 Å². The fraction of sp³-hybridized carbons (Fsp3) is 0.800. The summed E-state index contributed by atoms with van der Waals surface area (Å²) >= 11 is 0. The van der Waals surface area contributed by atoms with Crippen molar-refractivity contribution in [2.45, 2.75) is 27.7 Å². The van der Waals surface area contributed by atoms with Gasteiger partial charge in [-0.1, -0.05) is 70.9 Å². The first kappa shape index (κ1) is 23.7. The molecule has 0 heterocycles. The van der Waals surface area contributed by atoms with E-state index in [-0.39, 0.29) is 0 Å². The van der Waals surface area contributed by atoms with E-state index in [0.29, 0.717) is 0 Å². The van der Waals surface area contributed by atoms with Crippen molar-refractivity contribution < 1.29 is 9.59 Å². The van der Waals surface area contributed by atoms with Gasteiger partial charge in [0.15, 0.2) is 0 Å². The molecule has 0 aromatic heterocycles. The highest BCUT2D eigenvalue weighted by Gasteiger charge is 2.30. The molecule has 0 atom stereocenters. The van der Waals surface area contributed by atoms with Crippen LogP contribution in [-0.4, -0.2) is 42.2 Å². The summed E-state index contributed by atoms with van der Waals surface area (Å²) in [6.07, 6.45) is 0. The van der Waals surface area contributed by atoms with Gasteiger partial charge in [-0.15, -0.1) is 0 Å². The summed E-state index contributed by atoms with van der Waals surface area (Å²) in [5.41, 5.74) is 0. The molecular weight excluding hydrogens is 437 g/mol. The highest BCUT2D eigenvalue weighted by atomic mass is 33.2. The average molecular weight is 457 g/mol. The number of carbonyl (C=O) groups excluding carboxylic acids is 2. The molecular formula is C10H20N2O2S8. The molecule has 0 bridgehead atoms. The van der Waals surface area contributed by atoms with Gasteiger partial charge in [0.1, 0.15) is 0 Å². The summed E-state index contributed by atoms with van der Waals surface area (Å²) in [4.78, 5) is 24.9. The Balaban J connectivity index is 4.75. The van der Waals surface area contributed by atoms with Crippen LogP contribution in [-0.2, 0) is 9.59 Å². The Morgan fingerprint density at radius 2 is 0.818 bits per heavy atom. The van der Waals surface area contributed by atoms with Crippen LogP contribution in [0.2, 0.25) is 0 Å². The van der Waals surface area contributed by atoms with E-state index in [0.717, 1.165) is 23.0 Å². The van der Waals surface area contributed by atoms with Crippen LogP contribution in [0.25, 0.3) is 0 Å². The third-order valence-corrected chi connectivity index (χ3v) is 11.9. The molecule has 0 aromatic rings. The lowest BCUT2D eigenvalue weighted by molar-refractivity contribution is -0.141. The first-order valence-corrected chi connectivity index (χ1v) is 15.6. The van der Waals surface area contributed by atoms with Crippen molar-refractivity contribution in [3.63, 3.8) is 0 Å². The maximum absolute atomic E-state index is 12.4. The zero-order chi connectivity index (χ0) is 16.8. The lowest BCUT2D eigenvalue weighted by Crippen LogP contribution is -2.32. The summed E-state index contributed by atoms with van der Waals surface area (Å²) in [6.45, 7) is 8.09. The van der Waals surface area contributed by atoms with Crippen molar-refractivity contribution in [1.82, 2.24) is 7.42 Å². The topological polar surface area (TPSA) is 40.6 Å². The molecule has 0 saturated heterocycles. The molecule has 0 aromatic carbocycles. The fourth-order valence-electron chi connectivity index (χ4n) is 0.719. The van der Waals surface area contributed by atoms with E-state index in [1.807, 2.05) is 27.7 Å². The van der Waals surface area contributed by atoms with Crippen LogP contribution in [0.3, 0.4) is 0 Å². The normalized spacial score (nSPS) is 10.5. The molecule has 0 fully saturated rings. The molecule has 130 valence electrons. The van der Waals surface area contributed by atoms with Crippen LogP contribution in [0.15, 0.2) is 0 Å². The van der Waals surface area contributed by atoms with Gasteiger partial charge < -0.3 is 0 Å². The van der Waals surface area contributed by atoms with Crippen molar-refractivity contribution in [3.05, 3.63) is 0 Å². The molecule has 0 unspecified atom stereocenters. The number of carbonyl (C=O) groups is 2. The van der Waals surface area contributed by atoms with E-state index in [1.54, 1.807) is 43.2 Å². The summed E-state index contributed by atoms with van der Waals surface area (Å²) in [5, 5.41) is 0. The van der Waals surface area contributed by atoms with E-state index < -0.39 is 11.8 Å². The highest BCUT2D eigenvalue weighted by molar-refractivity contribution is 8.84. The molecule has 0 radical (unpaired) electrons. The Bertz CT molecular complexity index is 277. The third kappa shape index (κ3) is 10.6. The first-order valence-electron chi connectivity index (χ1n) is 6.49. The predicted octanol–water partition coefficient (Wildman–Crippen LogP) is 5.91. The highest BCUT2D eigenvalue weighted by Crippen LogP contribution is 2.41. The van der Waals surface area contributed by atoms with Crippen LogP contribution >= 0.6 is 87.1 Å². The van der Waals surface area contributed by atoms with Crippen molar-refractivity contribution in [3.8, 4) is 0 Å². The fourth-order valence-corrected chi connectivity index (χ4v) is 8.87. The van der Waals surface area contributed by atoms with Crippen LogP contribution < -0.4 is 0 Å². The van der Waals surface area contributed by atoms with Crippen molar-refractivity contribution in [2.75, 3.05) is 23.0 Å². The van der Waals surface area contributed by atoms with Crippen LogP contribution in [0.4, 0.5) is 0 Å². The van der Waals surface area contributed by atoms with E-state index in [4.69, 9.17) is 0 Å². The van der Waals surface area contributed by atoms with Gasteiger partial charge in [-0.2, -0.15) is 7.42 Å². The Morgan fingerprint density at radius 3 is 1.00 bits per heavy atom. The molecule has 0 aliphatic heterocycles. The van der Waals surface area contributed by atoms with Crippen molar-refractivity contribution in [1.29, 1.82) is 0 Å². The summed E-state index contributed by atoms with van der Waals surface area (Å²) in [7, 11) is 11.5. The predicted molar refractivity (Wildman–Crippen MR) is 117 cm³/mol. The molecule has 0 N–H and O–H groups in total. The lowest BCUT2D eigenvalue weighted by atomic mass is 10.6. The largest absolute Gasteiger partial charge is 0.335 e. The van der Waals surface area contributed by atoms with Gasteiger partial charge in [-0.3, -0.25) is 9.59 Å². The molecule has 4 nitrogen and oxygen atoms in total. The van der Waals surface area contributed by atoms with E-state index in [9.17, 15) is 9.59 Å². The molecule has 12 heteroatoms. The maximum Gasteiger partial charge on any atom is 0.335 e. The summed E-state index contributed by atoms with van der Waals surface area (Å²) < 4.78 is 2.96. The Morgan fingerprint density at radius 1 is 0.591 bits per heavy atom. The quantitative estimate of drug-likeness (QED) is 0.201. The second-order valence-electron chi connectivity index (χ2n) is 3.05. The molecule has 22 heavy (non-hydrogen) atoms. The minimum atomic E-state index is -0.481. The monoisotopic (exact) mass is 456 g/mol. The second kappa shape index (κ2) is 16.2. The zero-order valence-corrected chi connectivity index (χ0v) is 19.3. The number of hydrogen-bond acceptors (Lipinski definition) is 10. The summed E-state index contributed by atoms with van der Waals surface area (Å²) in [5.74, 6) is 2.56. The number of amides is 2. The van der Waals surface area contributed by atoms with Crippen LogP contribution in [0, 0.1) is 0 Å². The van der Waals surface area contributed by atoms with E-state index >= 15 is 0 Å². The zero-order valence-electron chi connectivity index (χ0n) is 12.8. The van der Waals surface area contributed by atoms with Crippen molar-refractivity contribution >= 4 is 98.9 Å². The minimum Gasteiger partial charge on any atom is -0.261 e. The van der Waals surface area contributed by atoms with Gasteiger partial charge in [0.2, 0.25) is 0 Å². The molecule has 0 spiro atoms. The van der Waals surface area contributed by atoms with E-state index in [2.05, 4.69) is 0 Å². The van der Waals surface area contributed by atoms with Crippen LogP contribution in [0.5, 0.6) is 0 Å². The Hall–Kier alpha value is 1.74. The maximum atomic E-state index is 12.4. The average Bonchev–Trinajstić information content (AvgIpc) is 2.54. The van der Waals surface area contributed by atoms with Gasteiger partial charge in [-0.25, -0.2) is 0 Å². The van der Waals surface area contributed by atoms with Crippen LogP contribution in [0.1, 0.15) is 27.7 Å². The molecule has 2 amide bonds. The molecule has 0 saturated carbocycles. The number of nitrogens with zero attached hydrogens (tertiary/aromatic N) is 2. The SMILES string of the molecule is CCSSN(SSCC)C(=O)C(=O)N(SSCC)SSCC. The van der Waals surface area contributed by atoms with Gasteiger partial charge in [0.25, 0.3) is 0 Å². The number of hydrogen-bond donors (Lipinski definition) is 0. The minimum absolute atomic E-state index is 0.481. The first-order chi connectivity index (χ1) is 10.6. The van der Waals surface area contributed by atoms with Crippen molar-refractivity contribution in [2.24, 2.45) is 0 Å². The van der Waals surface area contributed by atoms with Gasteiger partial charge in [0, 0.05) is 66.9 Å². The number of rotatable bonds is 12. The van der Waals surface area contributed by atoms with E-state index in [1.165, 1.54) is 51.3 Å². The van der Waals surface area contributed by atoms with Gasteiger partial charge >= 0.3 is 11.8 Å². The Labute approximate surface area is 165 Å². The standard InChI is InChI=1S/C10H20N2O2S8/c1-5-15-19-11(20-16-6-2)9(13)10(14)12(21-17-7-3)22-18-8-4/h5-8H2,1-4H3. The second-order valence-corrected chi connectivity index (χ2v) is 13.4.